The summed E-state index contributed by atoms with van der Waals surface area (Å²) in [4.78, 5) is 10.7. The first-order valence-corrected chi connectivity index (χ1v) is 9.72. The maximum atomic E-state index is 12.7. The van der Waals surface area contributed by atoms with Crippen molar-refractivity contribution in [2.75, 3.05) is 13.1 Å². The highest BCUT2D eigenvalue weighted by Crippen LogP contribution is 2.31. The zero-order valence-corrected chi connectivity index (χ0v) is 16.1. The third kappa shape index (κ3) is 4.68. The number of halogens is 3. The number of aromatic nitrogens is 3. The van der Waals surface area contributed by atoms with E-state index in [1.54, 1.807) is 6.20 Å². The van der Waals surface area contributed by atoms with Gasteiger partial charge in [0.1, 0.15) is 0 Å². The van der Waals surface area contributed by atoms with Crippen LogP contribution in [-0.4, -0.2) is 38.2 Å². The molecule has 0 radical (unpaired) electrons. The van der Waals surface area contributed by atoms with Crippen molar-refractivity contribution < 1.29 is 22.8 Å². The third-order valence-electron chi connectivity index (χ3n) is 5.37. The zero-order chi connectivity index (χ0) is 21.1. The van der Waals surface area contributed by atoms with E-state index in [-0.39, 0.29) is 11.7 Å². The molecule has 1 fully saturated rings. The van der Waals surface area contributed by atoms with Crippen LogP contribution in [-0.2, 0) is 12.7 Å². The first-order valence-electron chi connectivity index (χ1n) is 9.72. The standard InChI is InChI=1S/C21H21F3N4O2/c22-21(23,24)16-6-4-15(5-7-16)20-26-18(30-27-20)13-28-11-8-14(9-12-28)19(29)17-3-1-2-10-25-17/h1-7,10,14,19,29H,8-9,11-13H2. The van der Waals surface area contributed by atoms with Crippen molar-refractivity contribution >= 4 is 0 Å². The van der Waals surface area contributed by atoms with Gasteiger partial charge in [-0.05, 0) is 56.1 Å². The van der Waals surface area contributed by atoms with Crippen LogP contribution in [0.15, 0.2) is 53.2 Å². The Morgan fingerprint density at radius 2 is 1.83 bits per heavy atom. The van der Waals surface area contributed by atoms with Crippen LogP contribution in [0.5, 0.6) is 0 Å². The number of hydrogen-bond donors (Lipinski definition) is 1. The Bertz CT molecular complexity index is 952. The molecule has 1 aliphatic heterocycles. The fourth-order valence-corrected chi connectivity index (χ4v) is 3.66. The van der Waals surface area contributed by atoms with E-state index in [4.69, 9.17) is 4.52 Å². The van der Waals surface area contributed by atoms with Gasteiger partial charge in [0.15, 0.2) is 0 Å². The third-order valence-corrected chi connectivity index (χ3v) is 5.37. The van der Waals surface area contributed by atoms with Crippen LogP contribution in [0.2, 0.25) is 0 Å². The highest BCUT2D eigenvalue weighted by atomic mass is 19.4. The van der Waals surface area contributed by atoms with Crippen molar-refractivity contribution in [2.45, 2.75) is 31.7 Å². The van der Waals surface area contributed by atoms with Gasteiger partial charge in [-0.2, -0.15) is 18.2 Å². The van der Waals surface area contributed by atoms with Crippen molar-refractivity contribution in [2.24, 2.45) is 5.92 Å². The number of piperidine rings is 1. The van der Waals surface area contributed by atoms with Gasteiger partial charge in [0.05, 0.1) is 23.9 Å². The van der Waals surface area contributed by atoms with Gasteiger partial charge in [0.25, 0.3) is 0 Å². The molecule has 0 saturated carbocycles. The number of alkyl halides is 3. The molecule has 1 unspecified atom stereocenters. The average Bonchev–Trinajstić information content (AvgIpc) is 3.22. The normalized spacial score (nSPS) is 17.2. The van der Waals surface area contributed by atoms with Crippen LogP contribution in [0.25, 0.3) is 11.4 Å². The van der Waals surface area contributed by atoms with E-state index in [0.29, 0.717) is 23.7 Å². The Labute approximate surface area is 171 Å². The summed E-state index contributed by atoms with van der Waals surface area (Å²) in [5.41, 5.74) is 0.440. The average molecular weight is 418 g/mol. The van der Waals surface area contributed by atoms with Crippen LogP contribution < -0.4 is 0 Å². The molecule has 1 aliphatic rings. The number of rotatable bonds is 5. The minimum Gasteiger partial charge on any atom is -0.387 e. The second-order valence-electron chi connectivity index (χ2n) is 7.40. The number of nitrogens with zero attached hydrogens (tertiary/aromatic N) is 4. The second-order valence-corrected chi connectivity index (χ2v) is 7.40. The lowest BCUT2D eigenvalue weighted by Gasteiger charge is -2.33. The first-order chi connectivity index (χ1) is 14.4. The number of aliphatic hydroxyl groups excluding tert-OH is 1. The summed E-state index contributed by atoms with van der Waals surface area (Å²) < 4.78 is 43.3. The lowest BCUT2D eigenvalue weighted by Crippen LogP contribution is -2.35. The highest BCUT2D eigenvalue weighted by molar-refractivity contribution is 5.54. The molecule has 1 aromatic carbocycles. The van der Waals surface area contributed by atoms with Crippen LogP contribution in [0, 0.1) is 5.92 Å². The highest BCUT2D eigenvalue weighted by Gasteiger charge is 2.30. The lowest BCUT2D eigenvalue weighted by molar-refractivity contribution is -0.137. The molecule has 0 spiro atoms. The van der Waals surface area contributed by atoms with Gasteiger partial charge in [-0.3, -0.25) is 9.88 Å². The molecule has 0 bridgehead atoms. The van der Waals surface area contributed by atoms with E-state index in [1.807, 2.05) is 18.2 Å². The van der Waals surface area contributed by atoms with E-state index in [1.165, 1.54) is 12.1 Å². The summed E-state index contributed by atoms with van der Waals surface area (Å²) in [6.45, 7) is 2.00. The predicted molar refractivity (Wildman–Crippen MR) is 102 cm³/mol. The fraction of sp³-hybridized carbons (Fsp3) is 0.381. The molecule has 158 valence electrons. The number of pyridine rings is 1. The van der Waals surface area contributed by atoms with Crippen LogP contribution in [0.1, 0.15) is 36.1 Å². The molecule has 1 atom stereocenters. The van der Waals surface area contributed by atoms with Crippen molar-refractivity contribution in [3.05, 3.63) is 65.8 Å². The molecule has 3 heterocycles. The molecule has 6 nitrogen and oxygen atoms in total. The molecule has 4 rings (SSSR count). The largest absolute Gasteiger partial charge is 0.416 e. The Hall–Kier alpha value is -2.78. The van der Waals surface area contributed by atoms with E-state index >= 15 is 0 Å². The summed E-state index contributed by atoms with van der Waals surface area (Å²) >= 11 is 0. The quantitative estimate of drug-likeness (QED) is 0.673. The smallest absolute Gasteiger partial charge is 0.387 e. The van der Waals surface area contributed by atoms with Crippen molar-refractivity contribution in [1.82, 2.24) is 20.0 Å². The van der Waals surface area contributed by atoms with Gasteiger partial charge >= 0.3 is 6.18 Å². The molecule has 1 saturated heterocycles. The van der Waals surface area contributed by atoms with Gasteiger partial charge in [-0.1, -0.05) is 23.4 Å². The Kier molecular flexibility index (Phi) is 5.83. The number of hydrogen-bond acceptors (Lipinski definition) is 6. The monoisotopic (exact) mass is 418 g/mol. The van der Waals surface area contributed by atoms with Gasteiger partial charge in [0, 0.05) is 11.8 Å². The number of likely N-dealkylation sites (tertiary alicyclic amines) is 1. The molecule has 0 amide bonds. The first kappa shape index (κ1) is 20.5. The Morgan fingerprint density at radius 1 is 1.10 bits per heavy atom. The summed E-state index contributed by atoms with van der Waals surface area (Å²) in [6.07, 6.45) is -1.65. The van der Waals surface area contributed by atoms with Crippen LogP contribution in [0.4, 0.5) is 13.2 Å². The summed E-state index contributed by atoms with van der Waals surface area (Å²) in [7, 11) is 0. The molecule has 30 heavy (non-hydrogen) atoms. The Balaban J connectivity index is 1.33. The van der Waals surface area contributed by atoms with Crippen molar-refractivity contribution in [3.63, 3.8) is 0 Å². The fourth-order valence-electron chi connectivity index (χ4n) is 3.66. The molecule has 3 aromatic rings. The van der Waals surface area contributed by atoms with E-state index in [9.17, 15) is 18.3 Å². The van der Waals surface area contributed by atoms with E-state index in [2.05, 4.69) is 20.0 Å². The van der Waals surface area contributed by atoms with Gasteiger partial charge in [-0.25, -0.2) is 0 Å². The molecular weight excluding hydrogens is 397 g/mol. The zero-order valence-electron chi connectivity index (χ0n) is 16.1. The van der Waals surface area contributed by atoms with Crippen LogP contribution >= 0.6 is 0 Å². The Morgan fingerprint density at radius 3 is 2.47 bits per heavy atom. The molecule has 1 N–H and O–H groups in total. The second kappa shape index (κ2) is 8.53. The van der Waals surface area contributed by atoms with Crippen molar-refractivity contribution in [1.29, 1.82) is 0 Å². The maximum Gasteiger partial charge on any atom is 0.416 e. The lowest BCUT2D eigenvalue weighted by atomic mass is 9.89. The molecule has 9 heteroatoms. The summed E-state index contributed by atoms with van der Waals surface area (Å²) in [5, 5.41) is 14.4. The van der Waals surface area contributed by atoms with Crippen molar-refractivity contribution in [3.8, 4) is 11.4 Å². The van der Waals surface area contributed by atoms with Gasteiger partial charge < -0.3 is 9.63 Å². The molecule has 0 aliphatic carbocycles. The van der Waals surface area contributed by atoms with Crippen LogP contribution in [0.3, 0.4) is 0 Å². The maximum absolute atomic E-state index is 12.7. The number of aliphatic hydroxyl groups is 1. The predicted octanol–water partition coefficient (Wildman–Crippen LogP) is 4.10. The minimum atomic E-state index is -4.38. The van der Waals surface area contributed by atoms with Gasteiger partial charge in [0.2, 0.25) is 11.7 Å². The van der Waals surface area contributed by atoms with E-state index in [0.717, 1.165) is 38.1 Å². The summed E-state index contributed by atoms with van der Waals surface area (Å²) in [5.74, 6) is 0.814. The number of benzene rings is 1. The topological polar surface area (TPSA) is 75.3 Å². The van der Waals surface area contributed by atoms with E-state index < -0.39 is 17.8 Å². The summed E-state index contributed by atoms with van der Waals surface area (Å²) in [6, 6.07) is 10.2. The minimum absolute atomic E-state index is 0.140. The van der Waals surface area contributed by atoms with Gasteiger partial charge in [-0.15, -0.1) is 0 Å². The molecular formula is C21H21F3N4O2. The molecule has 2 aromatic heterocycles. The SMILES string of the molecule is OC(c1ccccn1)C1CCN(Cc2nc(-c3ccc(C(F)(F)F)cc3)no2)CC1.